The molecule has 2 aromatic rings. The first-order valence-corrected chi connectivity index (χ1v) is 6.37. The number of nitriles is 1. The lowest BCUT2D eigenvalue weighted by molar-refractivity contribution is 0.638. The van der Waals surface area contributed by atoms with Crippen molar-refractivity contribution in [1.82, 2.24) is 0 Å². The van der Waals surface area contributed by atoms with E-state index in [1.807, 2.05) is 18.2 Å². The van der Waals surface area contributed by atoms with E-state index in [9.17, 15) is 0 Å². The van der Waals surface area contributed by atoms with E-state index in [1.54, 1.807) is 0 Å². The summed E-state index contributed by atoms with van der Waals surface area (Å²) >= 11 is 0. The van der Waals surface area contributed by atoms with Gasteiger partial charge in [0.15, 0.2) is 0 Å². The number of nitrogens with zero attached hydrogens (tertiary/aromatic N) is 1. The lowest BCUT2D eigenvalue weighted by Gasteiger charge is -2.07. The van der Waals surface area contributed by atoms with Crippen LogP contribution in [0, 0.1) is 17.2 Å². The van der Waals surface area contributed by atoms with Crippen LogP contribution in [0.15, 0.2) is 54.6 Å². The molecule has 0 spiro atoms. The molecule has 0 radical (unpaired) electrons. The van der Waals surface area contributed by atoms with Gasteiger partial charge >= 0.3 is 0 Å². The van der Waals surface area contributed by atoms with Crippen LogP contribution in [0.3, 0.4) is 0 Å². The third-order valence-corrected chi connectivity index (χ3v) is 3.22. The van der Waals surface area contributed by atoms with Crippen molar-refractivity contribution in [3.05, 3.63) is 60.2 Å². The second-order valence-electron chi connectivity index (χ2n) is 4.50. The Morgan fingerprint density at radius 3 is 2.11 bits per heavy atom. The van der Waals surface area contributed by atoms with Gasteiger partial charge in [0.1, 0.15) is 0 Å². The maximum absolute atomic E-state index is 8.97. The topological polar surface area (TPSA) is 23.8 Å². The molecule has 0 saturated carbocycles. The molecule has 0 saturated heterocycles. The summed E-state index contributed by atoms with van der Waals surface area (Å²) in [6, 6.07) is 21.2. The minimum atomic E-state index is 0.132. The predicted octanol–water partition coefficient (Wildman–Crippen LogP) is 4.45. The van der Waals surface area contributed by atoms with Crippen LogP contribution in [0.25, 0.3) is 11.1 Å². The van der Waals surface area contributed by atoms with Gasteiger partial charge in [-0.05, 0) is 29.5 Å². The minimum absolute atomic E-state index is 0.132. The van der Waals surface area contributed by atoms with Gasteiger partial charge in [-0.1, -0.05) is 61.5 Å². The van der Waals surface area contributed by atoms with Crippen LogP contribution in [-0.4, -0.2) is 0 Å². The summed E-state index contributed by atoms with van der Waals surface area (Å²) in [7, 11) is 0. The van der Waals surface area contributed by atoms with Gasteiger partial charge in [0.05, 0.1) is 12.0 Å². The maximum atomic E-state index is 8.97. The molecule has 18 heavy (non-hydrogen) atoms. The number of hydrogen-bond donors (Lipinski definition) is 0. The molecule has 2 aromatic carbocycles. The van der Waals surface area contributed by atoms with Crippen molar-refractivity contribution in [2.75, 3.05) is 0 Å². The maximum Gasteiger partial charge on any atom is 0.0659 e. The fraction of sp³-hybridized carbons (Fsp3) is 0.235. The zero-order chi connectivity index (χ0) is 12.8. The molecule has 0 amide bonds. The number of rotatable bonds is 4. The lowest BCUT2D eigenvalue weighted by Crippen LogP contribution is -1.99. The largest absolute Gasteiger partial charge is 0.198 e. The second-order valence-corrected chi connectivity index (χ2v) is 4.50. The smallest absolute Gasteiger partial charge is 0.0659 e. The van der Waals surface area contributed by atoms with E-state index in [4.69, 9.17) is 5.26 Å². The Morgan fingerprint density at radius 1 is 0.944 bits per heavy atom. The molecule has 0 fully saturated rings. The van der Waals surface area contributed by atoms with Gasteiger partial charge in [-0.25, -0.2) is 0 Å². The fourth-order valence-electron chi connectivity index (χ4n) is 2.03. The van der Waals surface area contributed by atoms with Gasteiger partial charge in [-0.2, -0.15) is 5.26 Å². The summed E-state index contributed by atoms with van der Waals surface area (Å²) in [5, 5.41) is 8.97. The second kappa shape index (κ2) is 6.02. The summed E-state index contributed by atoms with van der Waals surface area (Å²) in [6.45, 7) is 2.06. The van der Waals surface area contributed by atoms with E-state index in [0.29, 0.717) is 0 Å². The van der Waals surface area contributed by atoms with Gasteiger partial charge in [-0.3, -0.25) is 0 Å². The van der Waals surface area contributed by atoms with Crippen molar-refractivity contribution < 1.29 is 0 Å². The molecular formula is C17H17N. The molecule has 0 N–H and O–H groups in total. The van der Waals surface area contributed by atoms with Crippen LogP contribution in [0.5, 0.6) is 0 Å². The standard InChI is InChI=1S/C17H17N/c1-2-14(13-18)12-15-8-10-17(11-9-15)16-6-4-3-5-7-16/h3-11,14H,2,12H2,1H3. The molecule has 2 rings (SSSR count). The van der Waals surface area contributed by atoms with E-state index in [1.165, 1.54) is 16.7 Å². The molecular weight excluding hydrogens is 218 g/mol. The summed E-state index contributed by atoms with van der Waals surface area (Å²) in [6.07, 6.45) is 1.76. The molecule has 0 heterocycles. The molecule has 1 heteroatoms. The van der Waals surface area contributed by atoms with Crippen LogP contribution in [0.4, 0.5) is 0 Å². The van der Waals surface area contributed by atoms with Gasteiger partial charge in [0.2, 0.25) is 0 Å². The molecule has 0 aromatic heterocycles. The highest BCUT2D eigenvalue weighted by molar-refractivity contribution is 5.63. The van der Waals surface area contributed by atoms with E-state index >= 15 is 0 Å². The van der Waals surface area contributed by atoms with Gasteiger partial charge in [0, 0.05) is 0 Å². The first-order valence-electron chi connectivity index (χ1n) is 6.37. The Morgan fingerprint density at radius 2 is 1.56 bits per heavy atom. The first kappa shape index (κ1) is 12.4. The highest BCUT2D eigenvalue weighted by Gasteiger charge is 2.05. The van der Waals surface area contributed by atoms with Gasteiger partial charge < -0.3 is 0 Å². The Kier molecular flexibility index (Phi) is 4.15. The predicted molar refractivity (Wildman–Crippen MR) is 75.0 cm³/mol. The SMILES string of the molecule is CCC(C#N)Cc1ccc(-c2ccccc2)cc1. The van der Waals surface area contributed by atoms with Crippen LogP contribution >= 0.6 is 0 Å². The van der Waals surface area contributed by atoms with Crippen molar-refractivity contribution >= 4 is 0 Å². The van der Waals surface area contributed by atoms with E-state index in [0.717, 1.165) is 12.8 Å². The number of benzene rings is 2. The third kappa shape index (κ3) is 2.99. The summed E-state index contributed by atoms with van der Waals surface area (Å²) in [5.41, 5.74) is 3.70. The Labute approximate surface area is 109 Å². The van der Waals surface area contributed by atoms with Crippen molar-refractivity contribution in [1.29, 1.82) is 5.26 Å². The highest BCUT2D eigenvalue weighted by atomic mass is 14.3. The Balaban J connectivity index is 2.14. The van der Waals surface area contributed by atoms with Crippen LogP contribution in [0.1, 0.15) is 18.9 Å². The van der Waals surface area contributed by atoms with Crippen molar-refractivity contribution in [3.8, 4) is 17.2 Å². The molecule has 1 atom stereocenters. The Hall–Kier alpha value is -2.07. The fourth-order valence-corrected chi connectivity index (χ4v) is 2.03. The summed E-state index contributed by atoms with van der Waals surface area (Å²) < 4.78 is 0. The van der Waals surface area contributed by atoms with Crippen molar-refractivity contribution in [2.24, 2.45) is 5.92 Å². The van der Waals surface area contributed by atoms with E-state index < -0.39 is 0 Å². The molecule has 90 valence electrons. The third-order valence-electron chi connectivity index (χ3n) is 3.22. The molecule has 0 bridgehead atoms. The monoisotopic (exact) mass is 235 g/mol. The molecule has 1 nitrogen and oxygen atoms in total. The van der Waals surface area contributed by atoms with Gasteiger partial charge in [0.25, 0.3) is 0 Å². The average molecular weight is 235 g/mol. The molecule has 0 aliphatic carbocycles. The zero-order valence-corrected chi connectivity index (χ0v) is 10.6. The summed E-state index contributed by atoms with van der Waals surface area (Å²) in [4.78, 5) is 0. The number of hydrogen-bond acceptors (Lipinski definition) is 1. The zero-order valence-electron chi connectivity index (χ0n) is 10.6. The summed E-state index contributed by atoms with van der Waals surface area (Å²) in [5.74, 6) is 0.132. The van der Waals surface area contributed by atoms with Crippen LogP contribution in [0.2, 0.25) is 0 Å². The van der Waals surface area contributed by atoms with Crippen LogP contribution in [-0.2, 0) is 6.42 Å². The molecule has 0 aliphatic rings. The molecule has 0 aliphatic heterocycles. The quantitative estimate of drug-likeness (QED) is 0.768. The normalized spacial score (nSPS) is 11.8. The van der Waals surface area contributed by atoms with Gasteiger partial charge in [-0.15, -0.1) is 0 Å². The first-order chi connectivity index (χ1) is 8.83. The Bertz CT molecular complexity index is 520. The van der Waals surface area contributed by atoms with Crippen molar-refractivity contribution in [3.63, 3.8) is 0 Å². The highest BCUT2D eigenvalue weighted by Crippen LogP contribution is 2.20. The van der Waals surface area contributed by atoms with Crippen molar-refractivity contribution in [2.45, 2.75) is 19.8 Å². The minimum Gasteiger partial charge on any atom is -0.198 e. The lowest BCUT2D eigenvalue weighted by atomic mass is 9.96. The van der Waals surface area contributed by atoms with E-state index in [-0.39, 0.29) is 5.92 Å². The van der Waals surface area contributed by atoms with Crippen LogP contribution < -0.4 is 0 Å². The molecule has 1 unspecified atom stereocenters. The van der Waals surface area contributed by atoms with E-state index in [2.05, 4.69) is 49.4 Å². The average Bonchev–Trinajstić information content (AvgIpc) is 2.46.